The number of likely N-dealkylation sites (tertiary alicyclic amines) is 1. The molecule has 1 N–H and O–H groups in total. The van der Waals surface area contributed by atoms with Gasteiger partial charge in [-0.15, -0.1) is 0 Å². The zero-order chi connectivity index (χ0) is 13.5. The van der Waals surface area contributed by atoms with E-state index in [1.165, 1.54) is 6.42 Å². The Kier molecular flexibility index (Phi) is 6.07. The summed E-state index contributed by atoms with van der Waals surface area (Å²) < 4.78 is 10.9. The number of piperidine rings is 1. The zero-order valence-corrected chi connectivity index (χ0v) is 11.9. The minimum atomic E-state index is -0.0609. The van der Waals surface area contributed by atoms with Crippen LogP contribution in [0.2, 0.25) is 0 Å². The van der Waals surface area contributed by atoms with Crippen LogP contribution >= 0.6 is 0 Å². The van der Waals surface area contributed by atoms with Gasteiger partial charge in [-0.3, -0.25) is 4.79 Å². The number of carbonyl (C=O) groups is 1. The minimum Gasteiger partial charge on any atom is -0.355 e. The molecule has 0 radical (unpaired) electrons. The highest BCUT2D eigenvalue weighted by atomic mass is 16.7. The van der Waals surface area contributed by atoms with E-state index >= 15 is 0 Å². The molecule has 0 bridgehead atoms. The summed E-state index contributed by atoms with van der Waals surface area (Å²) >= 11 is 0. The molecule has 2 saturated heterocycles. The van der Waals surface area contributed by atoms with E-state index in [1.807, 2.05) is 4.90 Å². The van der Waals surface area contributed by atoms with Gasteiger partial charge < -0.3 is 19.7 Å². The summed E-state index contributed by atoms with van der Waals surface area (Å²) in [5.74, 6) is 0.250. The third-order valence-corrected chi connectivity index (χ3v) is 3.79. The smallest absolute Gasteiger partial charge is 0.239 e. The molecule has 2 aliphatic rings. The lowest BCUT2D eigenvalue weighted by Gasteiger charge is -2.29. The van der Waals surface area contributed by atoms with Crippen molar-refractivity contribution in [2.75, 3.05) is 33.0 Å². The number of rotatable bonds is 6. The molecular formula is C14H26N2O3. The van der Waals surface area contributed by atoms with Gasteiger partial charge in [-0.05, 0) is 32.1 Å². The van der Waals surface area contributed by atoms with Crippen LogP contribution in [0, 0.1) is 0 Å². The number of carbonyl (C=O) groups excluding carboxylic acids is 1. The molecule has 1 amide bonds. The Morgan fingerprint density at radius 3 is 2.84 bits per heavy atom. The van der Waals surface area contributed by atoms with Crippen molar-refractivity contribution >= 4 is 5.91 Å². The number of ether oxygens (including phenoxy) is 2. The van der Waals surface area contributed by atoms with Gasteiger partial charge >= 0.3 is 0 Å². The molecule has 110 valence electrons. The predicted molar refractivity (Wildman–Crippen MR) is 72.8 cm³/mol. The van der Waals surface area contributed by atoms with Gasteiger partial charge in [0.2, 0.25) is 5.91 Å². The van der Waals surface area contributed by atoms with Crippen molar-refractivity contribution in [2.45, 2.75) is 51.2 Å². The van der Waals surface area contributed by atoms with E-state index < -0.39 is 0 Å². The van der Waals surface area contributed by atoms with Gasteiger partial charge in [0.05, 0.1) is 12.1 Å². The molecule has 2 aliphatic heterocycles. The topological polar surface area (TPSA) is 50.8 Å². The maximum absolute atomic E-state index is 12.3. The van der Waals surface area contributed by atoms with Crippen molar-refractivity contribution < 1.29 is 14.3 Å². The van der Waals surface area contributed by atoms with Crippen molar-refractivity contribution in [3.05, 3.63) is 0 Å². The van der Waals surface area contributed by atoms with Gasteiger partial charge in [-0.1, -0.05) is 6.92 Å². The Morgan fingerprint density at radius 1 is 1.32 bits per heavy atom. The Balaban J connectivity index is 1.67. The van der Waals surface area contributed by atoms with Crippen LogP contribution in [0.1, 0.15) is 39.0 Å². The van der Waals surface area contributed by atoms with E-state index in [1.54, 1.807) is 0 Å². The first-order chi connectivity index (χ1) is 9.31. The van der Waals surface area contributed by atoms with E-state index in [-0.39, 0.29) is 18.1 Å². The van der Waals surface area contributed by atoms with Crippen LogP contribution in [0.15, 0.2) is 0 Å². The average Bonchev–Trinajstić information content (AvgIpc) is 2.92. The number of hydrogen-bond acceptors (Lipinski definition) is 4. The Bertz CT molecular complexity index is 280. The standard InChI is InChI=1S/C14H26N2O3/c1-2-8-18-11-19-12-9-13(15-10-12)14(17)16-6-4-3-5-7-16/h12-13,15H,2-11H2,1H3. The van der Waals surface area contributed by atoms with Crippen LogP contribution in [0.5, 0.6) is 0 Å². The van der Waals surface area contributed by atoms with Gasteiger partial charge in [0, 0.05) is 26.2 Å². The van der Waals surface area contributed by atoms with Crippen LogP contribution in [0.3, 0.4) is 0 Å². The molecule has 0 aromatic heterocycles. The van der Waals surface area contributed by atoms with Gasteiger partial charge in [0.1, 0.15) is 6.79 Å². The third kappa shape index (κ3) is 4.44. The Hall–Kier alpha value is -0.650. The van der Waals surface area contributed by atoms with E-state index in [2.05, 4.69) is 12.2 Å². The van der Waals surface area contributed by atoms with Crippen LogP contribution in [-0.4, -0.2) is 56.0 Å². The molecule has 0 saturated carbocycles. The lowest BCUT2D eigenvalue weighted by molar-refractivity contribution is -0.134. The highest BCUT2D eigenvalue weighted by Gasteiger charge is 2.33. The normalized spacial score (nSPS) is 27.7. The molecule has 0 aliphatic carbocycles. The largest absolute Gasteiger partial charge is 0.355 e. The van der Waals surface area contributed by atoms with Crippen LogP contribution in [0.25, 0.3) is 0 Å². The summed E-state index contributed by atoms with van der Waals surface area (Å²) in [7, 11) is 0. The van der Waals surface area contributed by atoms with E-state index in [4.69, 9.17) is 9.47 Å². The molecule has 0 aromatic rings. The predicted octanol–water partition coefficient (Wildman–Crippen LogP) is 1.13. The van der Waals surface area contributed by atoms with Gasteiger partial charge in [-0.2, -0.15) is 0 Å². The lowest BCUT2D eigenvalue weighted by Crippen LogP contribution is -2.45. The highest BCUT2D eigenvalue weighted by molar-refractivity contribution is 5.82. The molecular weight excluding hydrogens is 244 g/mol. The van der Waals surface area contributed by atoms with Gasteiger partial charge in [0.25, 0.3) is 0 Å². The summed E-state index contributed by atoms with van der Waals surface area (Å²) in [6, 6.07) is -0.0609. The summed E-state index contributed by atoms with van der Waals surface area (Å²) in [5.41, 5.74) is 0. The summed E-state index contributed by atoms with van der Waals surface area (Å²) in [6.45, 7) is 5.73. The SMILES string of the molecule is CCCOCOC1CNC(C(=O)N2CCCCC2)C1. The van der Waals surface area contributed by atoms with Crippen LogP contribution in [-0.2, 0) is 14.3 Å². The second-order valence-electron chi connectivity index (χ2n) is 5.40. The molecule has 5 nitrogen and oxygen atoms in total. The summed E-state index contributed by atoms with van der Waals surface area (Å²) in [6.07, 6.45) is 5.41. The number of amides is 1. The van der Waals surface area contributed by atoms with Crippen LogP contribution < -0.4 is 5.32 Å². The molecule has 2 atom stereocenters. The summed E-state index contributed by atoms with van der Waals surface area (Å²) in [5, 5.41) is 3.27. The fourth-order valence-electron chi connectivity index (χ4n) is 2.70. The molecule has 2 heterocycles. The number of hydrogen-bond donors (Lipinski definition) is 1. The molecule has 0 aromatic carbocycles. The second-order valence-corrected chi connectivity index (χ2v) is 5.40. The molecule has 0 spiro atoms. The fourth-order valence-corrected chi connectivity index (χ4v) is 2.70. The summed E-state index contributed by atoms with van der Waals surface area (Å²) in [4.78, 5) is 14.3. The van der Waals surface area contributed by atoms with Crippen molar-refractivity contribution in [3.8, 4) is 0 Å². The van der Waals surface area contributed by atoms with E-state index in [0.717, 1.165) is 51.9 Å². The third-order valence-electron chi connectivity index (χ3n) is 3.79. The maximum atomic E-state index is 12.3. The van der Waals surface area contributed by atoms with Crippen molar-refractivity contribution in [3.63, 3.8) is 0 Å². The van der Waals surface area contributed by atoms with Crippen molar-refractivity contribution in [1.29, 1.82) is 0 Å². The number of nitrogens with one attached hydrogen (secondary N) is 1. The highest BCUT2D eigenvalue weighted by Crippen LogP contribution is 2.16. The van der Waals surface area contributed by atoms with E-state index in [9.17, 15) is 4.79 Å². The monoisotopic (exact) mass is 270 g/mol. The Morgan fingerprint density at radius 2 is 2.11 bits per heavy atom. The fraction of sp³-hybridized carbons (Fsp3) is 0.929. The van der Waals surface area contributed by atoms with E-state index in [0.29, 0.717) is 6.79 Å². The van der Waals surface area contributed by atoms with Crippen LogP contribution in [0.4, 0.5) is 0 Å². The quantitative estimate of drug-likeness (QED) is 0.581. The zero-order valence-electron chi connectivity index (χ0n) is 11.9. The first-order valence-corrected chi connectivity index (χ1v) is 7.52. The van der Waals surface area contributed by atoms with Gasteiger partial charge in [0.15, 0.2) is 0 Å². The average molecular weight is 270 g/mol. The number of nitrogens with zero attached hydrogens (tertiary/aromatic N) is 1. The first-order valence-electron chi connectivity index (χ1n) is 7.52. The molecule has 2 fully saturated rings. The van der Waals surface area contributed by atoms with Gasteiger partial charge in [-0.25, -0.2) is 0 Å². The second kappa shape index (κ2) is 7.82. The minimum absolute atomic E-state index is 0.0609. The molecule has 2 unspecified atom stereocenters. The maximum Gasteiger partial charge on any atom is 0.239 e. The van der Waals surface area contributed by atoms with Crippen molar-refractivity contribution in [2.24, 2.45) is 0 Å². The lowest BCUT2D eigenvalue weighted by atomic mass is 10.1. The Labute approximate surface area is 115 Å². The molecule has 2 rings (SSSR count). The van der Waals surface area contributed by atoms with Crippen molar-refractivity contribution in [1.82, 2.24) is 10.2 Å². The molecule has 5 heteroatoms. The molecule has 19 heavy (non-hydrogen) atoms. The first kappa shape index (κ1) is 14.8.